The third-order valence-electron chi connectivity index (χ3n) is 4.92. The van der Waals surface area contributed by atoms with Gasteiger partial charge in [-0.2, -0.15) is 0 Å². The van der Waals surface area contributed by atoms with Gasteiger partial charge in [-0.1, -0.05) is 18.2 Å². The predicted octanol–water partition coefficient (Wildman–Crippen LogP) is 3.49. The molecule has 1 fully saturated rings. The zero-order chi connectivity index (χ0) is 14.5. The minimum atomic E-state index is 0.503. The van der Waals surface area contributed by atoms with Gasteiger partial charge < -0.3 is 14.8 Å². The van der Waals surface area contributed by atoms with Crippen LogP contribution in [-0.4, -0.2) is 32.4 Å². The lowest BCUT2D eigenvalue weighted by Gasteiger charge is -2.29. The van der Waals surface area contributed by atoms with Crippen molar-refractivity contribution < 1.29 is 9.47 Å². The Labute approximate surface area is 128 Å². The first-order valence-corrected chi connectivity index (χ1v) is 8.37. The zero-order valence-corrected chi connectivity index (χ0v) is 13.0. The fourth-order valence-electron chi connectivity index (χ4n) is 3.64. The molecule has 3 heteroatoms. The molecule has 3 nitrogen and oxygen atoms in total. The molecule has 1 aromatic rings. The molecule has 2 aliphatic heterocycles. The summed E-state index contributed by atoms with van der Waals surface area (Å²) in [5.41, 5.74) is 1.39. The molecule has 2 aliphatic rings. The van der Waals surface area contributed by atoms with Gasteiger partial charge in [-0.15, -0.1) is 0 Å². The fraction of sp³-hybridized carbons (Fsp3) is 0.667. The van der Waals surface area contributed by atoms with E-state index in [-0.39, 0.29) is 0 Å². The van der Waals surface area contributed by atoms with E-state index < -0.39 is 0 Å². The number of para-hydroxylation sites is 1. The van der Waals surface area contributed by atoms with Crippen molar-refractivity contribution in [3.05, 3.63) is 29.8 Å². The van der Waals surface area contributed by atoms with Crippen molar-refractivity contribution in [3.8, 4) is 5.75 Å². The zero-order valence-electron chi connectivity index (χ0n) is 13.0. The molecule has 1 saturated heterocycles. The summed E-state index contributed by atoms with van der Waals surface area (Å²) in [5.74, 6) is 1.71. The van der Waals surface area contributed by atoms with Gasteiger partial charge in [0.15, 0.2) is 0 Å². The molecule has 21 heavy (non-hydrogen) atoms. The van der Waals surface area contributed by atoms with Crippen LogP contribution in [-0.2, 0) is 4.74 Å². The third kappa shape index (κ3) is 3.78. The summed E-state index contributed by atoms with van der Waals surface area (Å²) in [6, 6.07) is 9.09. The van der Waals surface area contributed by atoms with Crippen molar-refractivity contribution >= 4 is 0 Å². The fourth-order valence-corrected chi connectivity index (χ4v) is 3.64. The number of hydrogen-bond acceptors (Lipinski definition) is 3. The van der Waals surface area contributed by atoms with Crippen LogP contribution < -0.4 is 10.1 Å². The lowest BCUT2D eigenvalue weighted by atomic mass is 9.86. The molecule has 3 atom stereocenters. The summed E-state index contributed by atoms with van der Waals surface area (Å²) in [6.45, 7) is 1.81. The minimum absolute atomic E-state index is 0.503. The lowest BCUT2D eigenvalue weighted by Crippen LogP contribution is -2.30. The summed E-state index contributed by atoms with van der Waals surface area (Å²) in [6.07, 6.45) is 7.72. The van der Waals surface area contributed by atoms with Crippen LogP contribution in [0.2, 0.25) is 0 Å². The second-order valence-corrected chi connectivity index (χ2v) is 6.31. The topological polar surface area (TPSA) is 30.5 Å². The number of ether oxygens (including phenoxy) is 2. The molecular weight excluding hydrogens is 262 g/mol. The standard InChI is InChI=1S/C18H27NO2/c1-19-15(8-9-16-5-4-11-20-16)13-14-10-12-21-18-7-3-2-6-17(14)18/h2-3,6-7,14-16,19H,4-5,8-13H2,1H3. The van der Waals surface area contributed by atoms with Crippen LogP contribution in [0.1, 0.15) is 50.0 Å². The number of hydrogen-bond donors (Lipinski definition) is 1. The van der Waals surface area contributed by atoms with E-state index in [0.717, 1.165) is 25.4 Å². The molecule has 3 unspecified atom stereocenters. The Morgan fingerprint density at radius 1 is 1.24 bits per heavy atom. The van der Waals surface area contributed by atoms with Crippen LogP contribution in [0.4, 0.5) is 0 Å². The van der Waals surface area contributed by atoms with Gasteiger partial charge >= 0.3 is 0 Å². The van der Waals surface area contributed by atoms with E-state index in [1.807, 2.05) is 0 Å². The van der Waals surface area contributed by atoms with Gasteiger partial charge in [0.25, 0.3) is 0 Å². The monoisotopic (exact) mass is 289 g/mol. The summed E-state index contributed by atoms with van der Waals surface area (Å²) < 4.78 is 11.5. The smallest absolute Gasteiger partial charge is 0.122 e. The Kier molecular flexibility index (Phi) is 5.15. The summed E-state index contributed by atoms with van der Waals surface area (Å²) in [5, 5.41) is 3.51. The molecule has 0 spiro atoms. The molecule has 0 radical (unpaired) electrons. The van der Waals surface area contributed by atoms with Crippen molar-refractivity contribution in [2.45, 2.75) is 56.6 Å². The lowest BCUT2D eigenvalue weighted by molar-refractivity contribution is 0.0990. The van der Waals surface area contributed by atoms with Gasteiger partial charge in [-0.25, -0.2) is 0 Å². The maximum Gasteiger partial charge on any atom is 0.122 e. The van der Waals surface area contributed by atoms with Crippen molar-refractivity contribution in [1.82, 2.24) is 5.32 Å². The average Bonchev–Trinajstić information content (AvgIpc) is 3.05. The molecule has 0 bridgehead atoms. The van der Waals surface area contributed by atoms with Crippen LogP contribution in [0.25, 0.3) is 0 Å². The van der Waals surface area contributed by atoms with Gasteiger partial charge in [0.1, 0.15) is 5.75 Å². The van der Waals surface area contributed by atoms with Gasteiger partial charge in [-0.05, 0) is 63.1 Å². The summed E-state index contributed by atoms with van der Waals surface area (Å²) >= 11 is 0. The molecule has 0 amide bonds. The van der Waals surface area contributed by atoms with E-state index in [1.165, 1.54) is 37.7 Å². The highest BCUT2D eigenvalue weighted by Crippen LogP contribution is 2.36. The SMILES string of the molecule is CNC(CCC1CCCO1)CC1CCOc2ccccc21. The third-order valence-corrected chi connectivity index (χ3v) is 4.92. The van der Waals surface area contributed by atoms with Gasteiger partial charge in [0, 0.05) is 12.6 Å². The van der Waals surface area contributed by atoms with Crippen LogP contribution in [0, 0.1) is 0 Å². The van der Waals surface area contributed by atoms with Gasteiger partial charge in [0.2, 0.25) is 0 Å². The molecule has 0 saturated carbocycles. The van der Waals surface area contributed by atoms with E-state index in [9.17, 15) is 0 Å². The van der Waals surface area contributed by atoms with Crippen molar-refractivity contribution in [2.24, 2.45) is 0 Å². The van der Waals surface area contributed by atoms with Gasteiger partial charge in [-0.3, -0.25) is 0 Å². The predicted molar refractivity (Wildman–Crippen MR) is 85.0 cm³/mol. The number of rotatable bonds is 6. The van der Waals surface area contributed by atoms with Crippen LogP contribution in [0.3, 0.4) is 0 Å². The Morgan fingerprint density at radius 3 is 2.95 bits per heavy atom. The van der Waals surface area contributed by atoms with E-state index >= 15 is 0 Å². The average molecular weight is 289 g/mol. The number of fused-ring (bicyclic) bond motifs is 1. The van der Waals surface area contributed by atoms with Crippen molar-refractivity contribution in [1.29, 1.82) is 0 Å². The minimum Gasteiger partial charge on any atom is -0.493 e. The normalized spacial score (nSPS) is 26.1. The maximum absolute atomic E-state index is 5.77. The molecule has 1 N–H and O–H groups in total. The maximum atomic E-state index is 5.77. The van der Waals surface area contributed by atoms with Crippen molar-refractivity contribution in [3.63, 3.8) is 0 Å². The molecule has 0 aliphatic carbocycles. The second-order valence-electron chi connectivity index (χ2n) is 6.31. The van der Waals surface area contributed by atoms with E-state index in [0.29, 0.717) is 18.1 Å². The van der Waals surface area contributed by atoms with E-state index in [1.54, 1.807) is 0 Å². The summed E-state index contributed by atoms with van der Waals surface area (Å²) in [7, 11) is 2.09. The molecule has 2 heterocycles. The molecule has 1 aromatic carbocycles. The number of benzene rings is 1. The van der Waals surface area contributed by atoms with Crippen molar-refractivity contribution in [2.75, 3.05) is 20.3 Å². The molecule has 0 aromatic heterocycles. The Hall–Kier alpha value is -1.06. The van der Waals surface area contributed by atoms with Crippen LogP contribution >= 0.6 is 0 Å². The van der Waals surface area contributed by atoms with Crippen LogP contribution in [0.5, 0.6) is 5.75 Å². The second kappa shape index (κ2) is 7.28. The van der Waals surface area contributed by atoms with E-state index in [4.69, 9.17) is 9.47 Å². The number of nitrogens with one attached hydrogen (secondary N) is 1. The molecular formula is C18H27NO2. The quantitative estimate of drug-likeness (QED) is 0.869. The highest BCUT2D eigenvalue weighted by molar-refractivity contribution is 5.37. The first kappa shape index (κ1) is 14.9. The van der Waals surface area contributed by atoms with E-state index in [2.05, 4.69) is 36.6 Å². The van der Waals surface area contributed by atoms with Gasteiger partial charge in [0.05, 0.1) is 12.7 Å². The Morgan fingerprint density at radius 2 is 2.14 bits per heavy atom. The molecule has 116 valence electrons. The summed E-state index contributed by atoms with van der Waals surface area (Å²) in [4.78, 5) is 0. The Balaban J connectivity index is 1.56. The molecule has 3 rings (SSSR count). The highest BCUT2D eigenvalue weighted by atomic mass is 16.5. The largest absolute Gasteiger partial charge is 0.493 e. The Bertz CT molecular complexity index is 443. The van der Waals surface area contributed by atoms with Crippen LogP contribution in [0.15, 0.2) is 24.3 Å². The first-order chi connectivity index (χ1) is 10.4. The first-order valence-electron chi connectivity index (χ1n) is 8.37. The highest BCUT2D eigenvalue weighted by Gasteiger charge is 2.25.